The first kappa shape index (κ1) is 12.7. The Balaban J connectivity index is 2.24. The number of benzene rings is 1. The van der Waals surface area contributed by atoms with Crippen LogP contribution in [0.5, 0.6) is 0 Å². The third kappa shape index (κ3) is 1.96. The van der Waals surface area contributed by atoms with Crippen molar-refractivity contribution >= 4 is 17.5 Å². The fourth-order valence-corrected chi connectivity index (χ4v) is 2.20. The molecule has 0 spiro atoms. The summed E-state index contributed by atoms with van der Waals surface area (Å²) < 4.78 is 24.4. The normalized spacial score (nSPS) is 10.9. The maximum Gasteiger partial charge on any atom is 0.230 e. The van der Waals surface area contributed by atoms with Gasteiger partial charge in [-0.15, -0.1) is 0 Å². The van der Waals surface area contributed by atoms with Gasteiger partial charge in [-0.1, -0.05) is 28.9 Å². The molecule has 0 radical (unpaired) electrons. The molecule has 0 bridgehead atoms. The monoisotopic (exact) mass is 292 g/mol. The lowest BCUT2D eigenvalue weighted by molar-refractivity contribution is 0.439. The Labute approximate surface area is 118 Å². The standard InChI is InChI=1S/C14H10ClFN2O2/c1-7-5-8(6-19-7)13-11(14(17)20-18-13)9-3-2-4-10(15)12(9)16/h2-6H,17H2,1H3. The van der Waals surface area contributed by atoms with E-state index in [1.807, 2.05) is 0 Å². The van der Waals surface area contributed by atoms with Gasteiger partial charge in [0.1, 0.15) is 23.5 Å². The van der Waals surface area contributed by atoms with Gasteiger partial charge in [-0.25, -0.2) is 4.39 Å². The second-order valence-electron chi connectivity index (χ2n) is 4.32. The number of nitrogen functional groups attached to an aromatic ring is 1. The van der Waals surface area contributed by atoms with Gasteiger partial charge in [-0.2, -0.15) is 0 Å². The summed E-state index contributed by atoms with van der Waals surface area (Å²) in [6, 6.07) is 6.44. The van der Waals surface area contributed by atoms with E-state index in [4.69, 9.17) is 26.3 Å². The maximum absolute atomic E-state index is 14.2. The van der Waals surface area contributed by atoms with Crippen molar-refractivity contribution in [1.82, 2.24) is 5.16 Å². The van der Waals surface area contributed by atoms with E-state index in [1.54, 1.807) is 25.1 Å². The van der Waals surface area contributed by atoms with Crippen molar-refractivity contribution in [3.05, 3.63) is 47.1 Å². The minimum Gasteiger partial charge on any atom is -0.469 e. The van der Waals surface area contributed by atoms with E-state index in [9.17, 15) is 4.39 Å². The van der Waals surface area contributed by atoms with Crippen molar-refractivity contribution in [3.63, 3.8) is 0 Å². The van der Waals surface area contributed by atoms with Crippen LogP contribution < -0.4 is 5.73 Å². The predicted octanol–water partition coefficient (Wildman–Crippen LogP) is 4.28. The van der Waals surface area contributed by atoms with Crippen molar-refractivity contribution < 1.29 is 13.3 Å². The second-order valence-corrected chi connectivity index (χ2v) is 4.73. The fraction of sp³-hybridized carbons (Fsp3) is 0.0714. The molecule has 2 heterocycles. The van der Waals surface area contributed by atoms with Gasteiger partial charge in [0.25, 0.3) is 0 Å². The van der Waals surface area contributed by atoms with Gasteiger partial charge < -0.3 is 14.7 Å². The number of nitrogens with two attached hydrogens (primary N) is 1. The Morgan fingerprint density at radius 1 is 1.35 bits per heavy atom. The number of hydrogen-bond donors (Lipinski definition) is 1. The number of aromatic nitrogens is 1. The minimum absolute atomic E-state index is 0.0115. The second kappa shape index (κ2) is 4.68. The van der Waals surface area contributed by atoms with Crippen LogP contribution in [0.4, 0.5) is 10.3 Å². The van der Waals surface area contributed by atoms with Crippen LogP contribution in [0.2, 0.25) is 5.02 Å². The van der Waals surface area contributed by atoms with Crippen LogP contribution in [0, 0.1) is 12.7 Å². The van der Waals surface area contributed by atoms with Crippen molar-refractivity contribution in [2.24, 2.45) is 0 Å². The highest BCUT2D eigenvalue weighted by atomic mass is 35.5. The number of aryl methyl sites for hydroxylation is 1. The summed E-state index contributed by atoms with van der Waals surface area (Å²) in [4.78, 5) is 0. The van der Waals surface area contributed by atoms with Gasteiger partial charge in [-0.3, -0.25) is 0 Å². The molecule has 3 aromatic rings. The van der Waals surface area contributed by atoms with E-state index >= 15 is 0 Å². The summed E-state index contributed by atoms with van der Waals surface area (Å²) >= 11 is 5.80. The first-order chi connectivity index (χ1) is 9.58. The zero-order valence-corrected chi connectivity index (χ0v) is 11.2. The number of halogens is 2. The Morgan fingerprint density at radius 3 is 2.85 bits per heavy atom. The molecule has 0 saturated carbocycles. The summed E-state index contributed by atoms with van der Waals surface area (Å²) in [6.07, 6.45) is 1.51. The van der Waals surface area contributed by atoms with E-state index in [1.165, 1.54) is 12.3 Å². The molecule has 0 fully saturated rings. The lowest BCUT2D eigenvalue weighted by Crippen LogP contribution is -1.91. The van der Waals surface area contributed by atoms with Crippen molar-refractivity contribution in [2.45, 2.75) is 6.92 Å². The van der Waals surface area contributed by atoms with Crippen LogP contribution >= 0.6 is 11.6 Å². The van der Waals surface area contributed by atoms with Crippen LogP contribution in [0.15, 0.2) is 39.5 Å². The Kier molecular flexibility index (Phi) is 2.99. The molecular formula is C14H10ClFN2O2. The average molecular weight is 293 g/mol. The summed E-state index contributed by atoms with van der Waals surface area (Å²) in [6.45, 7) is 1.80. The first-order valence-electron chi connectivity index (χ1n) is 5.83. The Morgan fingerprint density at radius 2 is 2.15 bits per heavy atom. The summed E-state index contributed by atoms with van der Waals surface area (Å²) in [7, 11) is 0. The molecule has 6 heteroatoms. The SMILES string of the molecule is Cc1cc(-c2noc(N)c2-c2cccc(Cl)c2F)co1. The summed E-state index contributed by atoms with van der Waals surface area (Å²) in [5, 5.41) is 3.89. The third-order valence-electron chi connectivity index (χ3n) is 2.94. The zero-order valence-electron chi connectivity index (χ0n) is 10.5. The third-order valence-corrected chi connectivity index (χ3v) is 3.24. The molecule has 0 saturated heterocycles. The molecular weight excluding hydrogens is 283 g/mol. The van der Waals surface area contributed by atoms with Gasteiger partial charge in [0, 0.05) is 11.1 Å². The van der Waals surface area contributed by atoms with Gasteiger partial charge in [0.2, 0.25) is 5.88 Å². The highest BCUT2D eigenvalue weighted by Gasteiger charge is 2.22. The molecule has 0 aliphatic heterocycles. The van der Waals surface area contributed by atoms with Crippen molar-refractivity contribution in [2.75, 3.05) is 5.73 Å². The number of rotatable bonds is 2. The molecule has 2 N–H and O–H groups in total. The molecule has 3 rings (SSSR count). The number of hydrogen-bond acceptors (Lipinski definition) is 4. The fourth-order valence-electron chi connectivity index (χ4n) is 2.02. The smallest absolute Gasteiger partial charge is 0.230 e. The van der Waals surface area contributed by atoms with Crippen LogP contribution in [0.3, 0.4) is 0 Å². The van der Waals surface area contributed by atoms with E-state index in [2.05, 4.69) is 5.16 Å². The van der Waals surface area contributed by atoms with Gasteiger partial charge >= 0.3 is 0 Å². The van der Waals surface area contributed by atoms with Crippen LogP contribution in [-0.2, 0) is 0 Å². The van der Waals surface area contributed by atoms with Crippen LogP contribution in [-0.4, -0.2) is 5.16 Å². The Hall–Kier alpha value is -2.27. The van der Waals surface area contributed by atoms with E-state index in [-0.39, 0.29) is 16.5 Å². The van der Waals surface area contributed by atoms with Gasteiger partial charge in [-0.05, 0) is 19.1 Å². The van der Waals surface area contributed by atoms with E-state index in [0.717, 1.165) is 0 Å². The van der Waals surface area contributed by atoms with Gasteiger partial charge in [0.15, 0.2) is 0 Å². The Bertz CT molecular complexity index is 779. The van der Waals surface area contributed by atoms with E-state index in [0.29, 0.717) is 22.6 Å². The summed E-state index contributed by atoms with van der Waals surface area (Å²) in [5.41, 5.74) is 7.46. The van der Waals surface area contributed by atoms with E-state index < -0.39 is 5.82 Å². The first-order valence-corrected chi connectivity index (χ1v) is 6.20. The van der Waals surface area contributed by atoms with Crippen LogP contribution in [0.25, 0.3) is 22.4 Å². The predicted molar refractivity (Wildman–Crippen MR) is 73.8 cm³/mol. The zero-order chi connectivity index (χ0) is 14.3. The largest absolute Gasteiger partial charge is 0.469 e. The molecule has 0 aliphatic rings. The summed E-state index contributed by atoms with van der Waals surface area (Å²) in [5.74, 6) is 0.171. The molecule has 0 aliphatic carbocycles. The lowest BCUT2D eigenvalue weighted by Gasteiger charge is -2.04. The molecule has 2 aromatic heterocycles. The molecule has 102 valence electrons. The molecule has 1 aromatic carbocycles. The average Bonchev–Trinajstić information content (AvgIpc) is 2.99. The van der Waals surface area contributed by atoms with Crippen molar-refractivity contribution in [1.29, 1.82) is 0 Å². The molecule has 0 atom stereocenters. The molecule has 20 heavy (non-hydrogen) atoms. The highest BCUT2D eigenvalue weighted by Crippen LogP contribution is 2.39. The highest BCUT2D eigenvalue weighted by molar-refractivity contribution is 6.31. The molecule has 0 unspecified atom stereocenters. The quantitative estimate of drug-likeness (QED) is 0.765. The number of furan rings is 1. The van der Waals surface area contributed by atoms with Crippen LogP contribution in [0.1, 0.15) is 5.76 Å². The molecule has 4 nitrogen and oxygen atoms in total. The van der Waals surface area contributed by atoms with Gasteiger partial charge in [0.05, 0.1) is 10.6 Å². The minimum atomic E-state index is -0.564. The topological polar surface area (TPSA) is 65.2 Å². The maximum atomic E-state index is 14.2. The van der Waals surface area contributed by atoms with Crippen molar-refractivity contribution in [3.8, 4) is 22.4 Å². The number of nitrogens with zero attached hydrogens (tertiary/aromatic N) is 1. The number of anilines is 1. The lowest BCUT2D eigenvalue weighted by atomic mass is 10.0. The molecule has 0 amide bonds.